The van der Waals surface area contributed by atoms with Crippen molar-refractivity contribution in [1.29, 1.82) is 0 Å². The van der Waals surface area contributed by atoms with E-state index >= 15 is 0 Å². The molecule has 1 saturated carbocycles. The SMILES string of the molecule is C=CCn1c(SCc2nnc(C(=O)NCc3ccccc3)s2)nnc1C1CC1. The van der Waals surface area contributed by atoms with Gasteiger partial charge in [-0.15, -0.1) is 27.0 Å². The predicted molar refractivity (Wildman–Crippen MR) is 109 cm³/mol. The molecule has 1 aliphatic carbocycles. The number of nitrogens with zero attached hydrogens (tertiary/aromatic N) is 5. The fourth-order valence-corrected chi connectivity index (χ4v) is 4.43. The van der Waals surface area contributed by atoms with Gasteiger partial charge in [0.25, 0.3) is 5.91 Å². The number of hydrogen-bond acceptors (Lipinski definition) is 7. The van der Waals surface area contributed by atoms with E-state index in [0.717, 1.165) is 21.6 Å². The molecule has 0 unspecified atom stereocenters. The summed E-state index contributed by atoms with van der Waals surface area (Å²) in [6, 6.07) is 9.78. The molecule has 2 aromatic heterocycles. The fraction of sp³-hybridized carbons (Fsp3) is 0.316. The molecule has 4 rings (SSSR count). The van der Waals surface area contributed by atoms with Crippen LogP contribution in [-0.4, -0.2) is 30.9 Å². The molecule has 1 amide bonds. The Morgan fingerprint density at radius 3 is 2.82 bits per heavy atom. The van der Waals surface area contributed by atoms with Gasteiger partial charge < -0.3 is 9.88 Å². The molecule has 1 N–H and O–H groups in total. The fourth-order valence-electron chi connectivity index (χ4n) is 2.73. The van der Waals surface area contributed by atoms with E-state index in [2.05, 4.69) is 36.9 Å². The van der Waals surface area contributed by atoms with E-state index in [1.165, 1.54) is 24.2 Å². The Bertz CT molecular complexity index is 964. The summed E-state index contributed by atoms with van der Waals surface area (Å²) < 4.78 is 2.11. The average Bonchev–Trinajstić information content (AvgIpc) is 3.31. The topological polar surface area (TPSA) is 85.6 Å². The second-order valence-corrected chi connectivity index (χ2v) is 8.48. The second-order valence-electron chi connectivity index (χ2n) is 6.47. The van der Waals surface area contributed by atoms with Gasteiger partial charge in [0.15, 0.2) is 5.16 Å². The van der Waals surface area contributed by atoms with Crippen molar-refractivity contribution in [2.45, 2.75) is 42.8 Å². The van der Waals surface area contributed by atoms with E-state index in [-0.39, 0.29) is 5.91 Å². The standard InChI is InChI=1S/C19H20N6OS2/c1-2-10-25-16(14-8-9-14)22-24-19(25)27-12-15-21-23-18(28-15)17(26)20-11-13-6-4-3-5-7-13/h2-7,14H,1,8-12H2,(H,20,26). The molecule has 28 heavy (non-hydrogen) atoms. The highest BCUT2D eigenvalue weighted by Crippen LogP contribution is 2.40. The molecule has 0 saturated heterocycles. The van der Waals surface area contributed by atoms with Crippen LogP contribution in [-0.2, 0) is 18.8 Å². The normalized spacial score (nSPS) is 13.4. The predicted octanol–water partition coefficient (Wildman–Crippen LogP) is 3.42. The second kappa shape index (κ2) is 8.66. The summed E-state index contributed by atoms with van der Waals surface area (Å²) in [6.07, 6.45) is 4.22. The van der Waals surface area contributed by atoms with Crippen LogP contribution >= 0.6 is 23.1 Å². The molecule has 0 aliphatic heterocycles. The maximum Gasteiger partial charge on any atom is 0.282 e. The lowest BCUT2D eigenvalue weighted by atomic mass is 10.2. The van der Waals surface area contributed by atoms with Gasteiger partial charge in [0.05, 0.1) is 5.75 Å². The van der Waals surface area contributed by atoms with Crippen molar-refractivity contribution < 1.29 is 4.79 Å². The molecule has 2 heterocycles. The number of allylic oxidation sites excluding steroid dienone is 1. The highest BCUT2D eigenvalue weighted by atomic mass is 32.2. The van der Waals surface area contributed by atoms with E-state index in [9.17, 15) is 4.79 Å². The van der Waals surface area contributed by atoms with Crippen LogP contribution in [0.4, 0.5) is 0 Å². The average molecular weight is 413 g/mol. The highest BCUT2D eigenvalue weighted by Gasteiger charge is 2.30. The van der Waals surface area contributed by atoms with Gasteiger partial charge in [-0.05, 0) is 18.4 Å². The number of rotatable bonds is 9. The maximum absolute atomic E-state index is 12.3. The third-order valence-corrected chi connectivity index (χ3v) is 6.36. The van der Waals surface area contributed by atoms with Gasteiger partial charge >= 0.3 is 0 Å². The number of nitrogens with one attached hydrogen (secondary N) is 1. The molecule has 0 atom stereocenters. The third-order valence-electron chi connectivity index (χ3n) is 4.28. The van der Waals surface area contributed by atoms with Crippen molar-refractivity contribution in [3.8, 4) is 0 Å². The Kier molecular flexibility index (Phi) is 5.82. The zero-order valence-corrected chi connectivity index (χ0v) is 16.9. The van der Waals surface area contributed by atoms with Crippen LogP contribution in [0.3, 0.4) is 0 Å². The third kappa shape index (κ3) is 4.48. The summed E-state index contributed by atoms with van der Waals surface area (Å²) in [5.41, 5.74) is 1.05. The summed E-state index contributed by atoms with van der Waals surface area (Å²) in [5, 5.41) is 21.7. The van der Waals surface area contributed by atoms with Crippen molar-refractivity contribution >= 4 is 29.0 Å². The number of hydrogen-bond donors (Lipinski definition) is 1. The molecule has 7 nitrogen and oxygen atoms in total. The van der Waals surface area contributed by atoms with Gasteiger partial charge in [-0.1, -0.05) is 59.5 Å². The zero-order valence-electron chi connectivity index (χ0n) is 15.2. The molecule has 0 spiro atoms. The van der Waals surface area contributed by atoms with Crippen LogP contribution in [0.1, 0.15) is 45.0 Å². The van der Waals surface area contributed by atoms with Gasteiger partial charge in [0.2, 0.25) is 5.01 Å². The lowest BCUT2D eigenvalue weighted by Crippen LogP contribution is -2.22. The van der Waals surface area contributed by atoms with Crippen molar-refractivity contribution in [2.75, 3.05) is 0 Å². The monoisotopic (exact) mass is 412 g/mol. The minimum absolute atomic E-state index is 0.205. The quantitative estimate of drug-likeness (QED) is 0.428. The Labute approximate surface area is 171 Å². The number of carbonyl (C=O) groups is 1. The number of amides is 1. The first kappa shape index (κ1) is 18.8. The summed E-state index contributed by atoms with van der Waals surface area (Å²) in [7, 11) is 0. The number of aromatic nitrogens is 5. The summed E-state index contributed by atoms with van der Waals surface area (Å²) >= 11 is 2.87. The van der Waals surface area contributed by atoms with Crippen LogP contribution < -0.4 is 5.32 Å². The number of carbonyl (C=O) groups excluding carboxylic acids is 1. The Morgan fingerprint density at radius 2 is 2.07 bits per heavy atom. The van der Waals surface area contributed by atoms with E-state index in [4.69, 9.17) is 0 Å². The molecule has 0 bridgehead atoms. The minimum atomic E-state index is -0.205. The molecule has 1 aliphatic rings. The van der Waals surface area contributed by atoms with Gasteiger partial charge in [0, 0.05) is 19.0 Å². The lowest BCUT2D eigenvalue weighted by molar-refractivity contribution is 0.0950. The Balaban J connectivity index is 1.35. The van der Waals surface area contributed by atoms with Crippen LogP contribution in [0.25, 0.3) is 0 Å². The van der Waals surface area contributed by atoms with Crippen molar-refractivity contribution in [3.63, 3.8) is 0 Å². The Hall–Kier alpha value is -2.52. The largest absolute Gasteiger partial charge is 0.346 e. The molecular formula is C19H20N6OS2. The van der Waals surface area contributed by atoms with Gasteiger partial charge in [-0.25, -0.2) is 0 Å². The maximum atomic E-state index is 12.3. The minimum Gasteiger partial charge on any atom is -0.346 e. The first-order valence-corrected chi connectivity index (χ1v) is 10.9. The van der Waals surface area contributed by atoms with Crippen molar-refractivity contribution in [2.24, 2.45) is 0 Å². The molecule has 9 heteroatoms. The van der Waals surface area contributed by atoms with E-state index in [1.54, 1.807) is 11.8 Å². The van der Waals surface area contributed by atoms with E-state index in [1.807, 2.05) is 36.4 Å². The van der Waals surface area contributed by atoms with E-state index in [0.29, 0.717) is 29.8 Å². The van der Waals surface area contributed by atoms with Crippen LogP contribution in [0.15, 0.2) is 48.1 Å². The summed E-state index contributed by atoms with van der Waals surface area (Å²) in [4.78, 5) is 12.3. The Morgan fingerprint density at radius 1 is 1.25 bits per heavy atom. The molecular weight excluding hydrogens is 392 g/mol. The summed E-state index contributed by atoms with van der Waals surface area (Å²) in [5.74, 6) is 1.97. The van der Waals surface area contributed by atoms with Crippen molar-refractivity contribution in [1.82, 2.24) is 30.3 Å². The molecule has 144 valence electrons. The van der Waals surface area contributed by atoms with Gasteiger partial charge in [-0.3, -0.25) is 4.79 Å². The van der Waals surface area contributed by atoms with Crippen LogP contribution in [0.2, 0.25) is 0 Å². The first-order valence-electron chi connectivity index (χ1n) is 9.06. The van der Waals surface area contributed by atoms with Crippen LogP contribution in [0, 0.1) is 0 Å². The smallest absolute Gasteiger partial charge is 0.282 e. The zero-order chi connectivity index (χ0) is 19.3. The number of benzene rings is 1. The van der Waals surface area contributed by atoms with Gasteiger partial charge in [0.1, 0.15) is 10.8 Å². The first-order chi connectivity index (χ1) is 13.7. The van der Waals surface area contributed by atoms with Gasteiger partial charge in [-0.2, -0.15) is 0 Å². The highest BCUT2D eigenvalue weighted by molar-refractivity contribution is 7.98. The summed E-state index contributed by atoms with van der Waals surface area (Å²) in [6.45, 7) is 5.00. The molecule has 0 radical (unpaired) electrons. The molecule has 3 aromatic rings. The van der Waals surface area contributed by atoms with E-state index < -0.39 is 0 Å². The van der Waals surface area contributed by atoms with Crippen LogP contribution in [0.5, 0.6) is 0 Å². The lowest BCUT2D eigenvalue weighted by Gasteiger charge is -2.05. The number of thioether (sulfide) groups is 1. The molecule has 1 aromatic carbocycles. The molecule has 1 fully saturated rings. The van der Waals surface area contributed by atoms with Crippen molar-refractivity contribution in [3.05, 3.63) is 64.4 Å².